The maximum atomic E-state index is 5.13. The number of benzene rings is 8. The lowest BCUT2D eigenvalue weighted by Gasteiger charge is -2.12. The van der Waals surface area contributed by atoms with E-state index in [2.05, 4.69) is 158 Å². The van der Waals surface area contributed by atoms with E-state index in [9.17, 15) is 0 Å². The molecule has 0 spiro atoms. The Bertz CT molecular complexity index is 3050. The molecular weight excluding hydrogens is 707 g/mol. The average molecular weight is 742 g/mol. The Kier molecular flexibility index (Phi) is 9.14. The highest BCUT2D eigenvalue weighted by molar-refractivity contribution is 5.88. The highest BCUT2D eigenvalue weighted by Gasteiger charge is 2.15. The molecule has 10 aromatic rings. The van der Waals surface area contributed by atoms with E-state index in [4.69, 9.17) is 24.9 Å². The van der Waals surface area contributed by atoms with Crippen LogP contribution in [0.4, 0.5) is 0 Å². The molecule has 58 heavy (non-hydrogen) atoms. The van der Waals surface area contributed by atoms with Gasteiger partial charge in [0.15, 0.2) is 23.3 Å². The van der Waals surface area contributed by atoms with Crippen molar-refractivity contribution in [3.8, 4) is 90.3 Å². The fourth-order valence-electron chi connectivity index (χ4n) is 7.32. The van der Waals surface area contributed by atoms with Crippen LogP contribution in [-0.4, -0.2) is 24.9 Å². The molecule has 0 saturated carbocycles. The number of aromatic nitrogens is 5. The molecule has 5 heteroatoms. The van der Waals surface area contributed by atoms with Gasteiger partial charge in [0.2, 0.25) is 0 Å². The Hall–Kier alpha value is -7.89. The Morgan fingerprint density at radius 1 is 0.190 bits per heavy atom. The largest absolute Gasteiger partial charge is 0.228 e. The monoisotopic (exact) mass is 741 g/mol. The van der Waals surface area contributed by atoms with Gasteiger partial charge in [-0.3, -0.25) is 0 Å². The van der Waals surface area contributed by atoms with Crippen LogP contribution in [0.5, 0.6) is 0 Å². The van der Waals surface area contributed by atoms with E-state index in [1.165, 1.54) is 10.8 Å². The molecule has 5 nitrogen and oxygen atoms in total. The summed E-state index contributed by atoms with van der Waals surface area (Å²) in [4.78, 5) is 25.3. The third-order valence-electron chi connectivity index (χ3n) is 10.3. The number of fused-ring (bicyclic) bond motifs is 1. The maximum Gasteiger partial charge on any atom is 0.164 e. The third-order valence-corrected chi connectivity index (χ3v) is 10.3. The van der Waals surface area contributed by atoms with Gasteiger partial charge in [0.1, 0.15) is 0 Å². The van der Waals surface area contributed by atoms with Gasteiger partial charge in [-0.2, -0.15) is 0 Å². The molecule has 0 saturated heterocycles. The van der Waals surface area contributed by atoms with Crippen LogP contribution in [0.15, 0.2) is 212 Å². The first-order chi connectivity index (χ1) is 28.7. The first-order valence-corrected chi connectivity index (χ1v) is 19.3. The lowest BCUT2D eigenvalue weighted by molar-refractivity contribution is 1.07. The predicted molar refractivity (Wildman–Crippen MR) is 236 cm³/mol. The number of rotatable bonds is 8. The zero-order valence-corrected chi connectivity index (χ0v) is 31.4. The van der Waals surface area contributed by atoms with E-state index in [0.717, 1.165) is 67.0 Å². The summed E-state index contributed by atoms with van der Waals surface area (Å²) in [6, 6.07) is 72.9. The van der Waals surface area contributed by atoms with Gasteiger partial charge in [0.25, 0.3) is 0 Å². The second-order valence-electron chi connectivity index (χ2n) is 14.2. The predicted octanol–water partition coefficient (Wildman–Crippen LogP) is 13.2. The lowest BCUT2D eigenvalue weighted by atomic mass is 9.98. The van der Waals surface area contributed by atoms with E-state index >= 15 is 0 Å². The van der Waals surface area contributed by atoms with Crippen LogP contribution in [0.25, 0.3) is 101 Å². The van der Waals surface area contributed by atoms with Crippen molar-refractivity contribution in [2.75, 3.05) is 0 Å². The highest BCUT2D eigenvalue weighted by atomic mass is 15.0. The highest BCUT2D eigenvalue weighted by Crippen LogP contribution is 2.34. The van der Waals surface area contributed by atoms with Crippen molar-refractivity contribution < 1.29 is 0 Å². The quantitative estimate of drug-likeness (QED) is 0.155. The average Bonchev–Trinajstić information content (AvgIpc) is 3.32. The van der Waals surface area contributed by atoms with Gasteiger partial charge in [-0.05, 0) is 63.4 Å². The van der Waals surface area contributed by atoms with Crippen LogP contribution in [0.3, 0.4) is 0 Å². The van der Waals surface area contributed by atoms with E-state index in [0.29, 0.717) is 23.3 Å². The molecular formula is C53H35N5. The normalized spacial score (nSPS) is 11.1. The van der Waals surface area contributed by atoms with Gasteiger partial charge in [-0.15, -0.1) is 0 Å². The first kappa shape index (κ1) is 34.6. The molecule has 10 rings (SSSR count). The fraction of sp³-hybridized carbons (Fsp3) is 0. The van der Waals surface area contributed by atoms with Crippen LogP contribution in [0, 0.1) is 0 Å². The molecule has 0 aliphatic rings. The Morgan fingerprint density at radius 2 is 0.552 bits per heavy atom. The Balaban J connectivity index is 1.05. The molecule has 0 radical (unpaired) electrons. The van der Waals surface area contributed by atoms with Crippen molar-refractivity contribution in [1.29, 1.82) is 0 Å². The summed E-state index contributed by atoms with van der Waals surface area (Å²) in [7, 11) is 0. The van der Waals surface area contributed by atoms with Crippen molar-refractivity contribution in [1.82, 2.24) is 24.9 Å². The van der Waals surface area contributed by atoms with Gasteiger partial charge in [-0.1, -0.05) is 182 Å². The molecule has 0 N–H and O–H groups in total. The summed E-state index contributed by atoms with van der Waals surface area (Å²) in [6.45, 7) is 0. The summed E-state index contributed by atoms with van der Waals surface area (Å²) in [5, 5.41) is 2.37. The summed E-state index contributed by atoms with van der Waals surface area (Å²) >= 11 is 0. The second kappa shape index (κ2) is 15.3. The molecule has 2 heterocycles. The fourth-order valence-corrected chi connectivity index (χ4v) is 7.32. The van der Waals surface area contributed by atoms with Gasteiger partial charge >= 0.3 is 0 Å². The Labute approximate surface area is 337 Å². The second-order valence-corrected chi connectivity index (χ2v) is 14.2. The van der Waals surface area contributed by atoms with Crippen molar-refractivity contribution in [2.45, 2.75) is 0 Å². The van der Waals surface area contributed by atoms with Crippen LogP contribution in [0.2, 0.25) is 0 Å². The first-order valence-electron chi connectivity index (χ1n) is 19.3. The Morgan fingerprint density at radius 3 is 1.10 bits per heavy atom. The molecule has 0 fully saturated rings. The van der Waals surface area contributed by atoms with Gasteiger partial charge in [0.05, 0.1) is 11.4 Å². The van der Waals surface area contributed by atoms with Crippen LogP contribution in [-0.2, 0) is 0 Å². The SMILES string of the molecule is c1ccc(-c2cccc(-c3nc(-c4ccccc4)nc(-c4cccc(-c5cccc(-c6cc(-c7ccc8ccccc8c7)nc(-c7ccccc7)n6)c5)c4)n3)c2)cc1. The van der Waals surface area contributed by atoms with Crippen molar-refractivity contribution in [3.05, 3.63) is 212 Å². The van der Waals surface area contributed by atoms with E-state index in [1.54, 1.807) is 0 Å². The molecule has 0 bridgehead atoms. The summed E-state index contributed by atoms with van der Waals surface area (Å²) in [6.07, 6.45) is 0. The minimum Gasteiger partial charge on any atom is -0.228 e. The zero-order chi connectivity index (χ0) is 38.7. The lowest BCUT2D eigenvalue weighted by Crippen LogP contribution is -2.00. The topological polar surface area (TPSA) is 64.5 Å². The van der Waals surface area contributed by atoms with Crippen LogP contribution >= 0.6 is 0 Å². The molecule has 272 valence electrons. The summed E-state index contributed by atoms with van der Waals surface area (Å²) in [5.74, 6) is 2.53. The number of nitrogens with zero attached hydrogens (tertiary/aromatic N) is 5. The molecule has 8 aromatic carbocycles. The molecule has 0 amide bonds. The van der Waals surface area contributed by atoms with Gasteiger partial charge < -0.3 is 0 Å². The molecule has 0 aliphatic carbocycles. The standard InChI is InChI=1S/C53H35N5/c1-4-15-36(16-5-1)41-23-13-27-46(33-41)52-56-51(39-20-8-3-9-21-39)57-53(58-52)47-28-14-25-43(34-47)42-24-12-26-44(32-42)48-35-49(55-50(54-48)38-18-6-2-7-19-38)45-30-29-37-17-10-11-22-40(37)31-45/h1-35H. The minimum absolute atomic E-state index is 0.607. The molecule has 2 aromatic heterocycles. The van der Waals surface area contributed by atoms with Gasteiger partial charge in [0, 0.05) is 33.4 Å². The van der Waals surface area contributed by atoms with Gasteiger partial charge in [-0.25, -0.2) is 24.9 Å². The van der Waals surface area contributed by atoms with Crippen molar-refractivity contribution in [2.24, 2.45) is 0 Å². The molecule has 0 atom stereocenters. The molecule has 0 unspecified atom stereocenters. The van der Waals surface area contributed by atoms with Crippen molar-refractivity contribution in [3.63, 3.8) is 0 Å². The van der Waals surface area contributed by atoms with E-state index < -0.39 is 0 Å². The van der Waals surface area contributed by atoms with E-state index in [1.807, 2.05) is 54.6 Å². The smallest absolute Gasteiger partial charge is 0.164 e. The maximum absolute atomic E-state index is 5.13. The number of hydrogen-bond acceptors (Lipinski definition) is 5. The van der Waals surface area contributed by atoms with Crippen LogP contribution in [0.1, 0.15) is 0 Å². The molecule has 0 aliphatic heterocycles. The third kappa shape index (κ3) is 7.16. The van der Waals surface area contributed by atoms with E-state index in [-0.39, 0.29) is 0 Å². The summed E-state index contributed by atoms with van der Waals surface area (Å²) < 4.78 is 0. The number of hydrogen-bond donors (Lipinski definition) is 0. The zero-order valence-electron chi connectivity index (χ0n) is 31.4. The van der Waals surface area contributed by atoms with Crippen LogP contribution < -0.4 is 0 Å². The minimum atomic E-state index is 0.607. The summed E-state index contributed by atoms with van der Waals surface area (Å²) in [5.41, 5.74) is 11.8. The van der Waals surface area contributed by atoms with Crippen molar-refractivity contribution >= 4 is 10.8 Å².